The Morgan fingerprint density at radius 2 is 2.00 bits per heavy atom. The monoisotopic (exact) mass is 292 g/mol. The molecule has 5 nitrogen and oxygen atoms in total. The maximum Gasteiger partial charge on any atom is 0.300 e. The minimum Gasteiger partial charge on any atom is -0.292 e. The Hall–Kier alpha value is -1.73. The van der Waals surface area contributed by atoms with Gasteiger partial charge < -0.3 is 0 Å². The maximum atomic E-state index is 12.1. The fourth-order valence-corrected chi connectivity index (χ4v) is 1.92. The lowest BCUT2D eigenvalue weighted by molar-refractivity contribution is 0.910. The van der Waals surface area contributed by atoms with Gasteiger partial charge in [0, 0.05) is 0 Å². The normalized spacial score (nSPS) is 11.1. The number of thiocarbonyl (C=S) groups is 1. The molecule has 19 heavy (non-hydrogen) atoms. The highest BCUT2D eigenvalue weighted by Gasteiger charge is 2.12. The van der Waals surface area contributed by atoms with Gasteiger partial charge in [-0.15, -0.1) is 5.11 Å². The van der Waals surface area contributed by atoms with Crippen LogP contribution in [0, 0.1) is 6.92 Å². The topological polar surface area (TPSA) is 62.5 Å². The van der Waals surface area contributed by atoms with E-state index in [2.05, 4.69) is 15.3 Å². The lowest BCUT2D eigenvalue weighted by Gasteiger charge is -1.97. The lowest BCUT2D eigenvalue weighted by Crippen LogP contribution is -2.20. The maximum absolute atomic E-state index is 12.1. The van der Waals surface area contributed by atoms with E-state index in [9.17, 15) is 4.79 Å². The Labute approximate surface area is 119 Å². The minimum absolute atomic E-state index is 0.278. The molecule has 0 bridgehead atoms. The van der Waals surface area contributed by atoms with Crippen molar-refractivity contribution in [3.05, 3.63) is 46.4 Å². The van der Waals surface area contributed by atoms with Gasteiger partial charge in [0.25, 0.3) is 0 Å². The van der Waals surface area contributed by atoms with E-state index in [0.29, 0.717) is 15.7 Å². The molecule has 0 saturated carbocycles. The predicted molar refractivity (Wildman–Crippen MR) is 81.9 cm³/mol. The molecule has 0 aliphatic carbocycles. The van der Waals surface area contributed by atoms with E-state index in [-0.39, 0.29) is 11.2 Å². The van der Waals surface area contributed by atoms with Crippen molar-refractivity contribution in [3.63, 3.8) is 0 Å². The Bertz CT molecular complexity index is 673. The number of H-pyrrole nitrogens is 1. The fraction of sp³-hybridized carbons (Fsp3) is 0.167. The van der Waals surface area contributed by atoms with Crippen LogP contribution >= 0.6 is 24.0 Å². The van der Waals surface area contributed by atoms with Gasteiger partial charge in [-0.25, -0.2) is 4.68 Å². The lowest BCUT2D eigenvalue weighted by atomic mass is 10.3. The highest BCUT2D eigenvalue weighted by atomic mass is 32.2. The molecule has 1 aromatic heterocycles. The van der Waals surface area contributed by atoms with Crippen molar-refractivity contribution in [3.8, 4) is 0 Å². The zero-order chi connectivity index (χ0) is 13.8. The average molecular weight is 292 g/mol. The van der Waals surface area contributed by atoms with Crippen molar-refractivity contribution < 1.29 is 0 Å². The van der Waals surface area contributed by atoms with Crippen LogP contribution in [0.3, 0.4) is 0 Å². The average Bonchev–Trinajstić information content (AvgIpc) is 2.72. The van der Waals surface area contributed by atoms with Crippen LogP contribution in [0.25, 0.3) is 0 Å². The van der Waals surface area contributed by atoms with E-state index >= 15 is 0 Å². The molecule has 0 aliphatic heterocycles. The molecule has 2 aromatic rings. The van der Waals surface area contributed by atoms with Gasteiger partial charge in [-0.3, -0.25) is 9.89 Å². The van der Waals surface area contributed by atoms with Crippen molar-refractivity contribution in [2.75, 3.05) is 6.26 Å². The molecule has 1 N–H and O–H groups in total. The quantitative estimate of drug-likeness (QED) is 0.681. The van der Waals surface area contributed by atoms with E-state index in [1.54, 1.807) is 6.92 Å². The highest BCUT2D eigenvalue weighted by Crippen LogP contribution is 2.17. The first-order valence-electron chi connectivity index (χ1n) is 5.50. The van der Waals surface area contributed by atoms with E-state index < -0.39 is 0 Å². The van der Waals surface area contributed by atoms with Crippen LogP contribution < -0.4 is 5.56 Å². The van der Waals surface area contributed by atoms with Crippen molar-refractivity contribution in [2.45, 2.75) is 6.92 Å². The number of nitrogens with zero attached hydrogens (tertiary/aromatic N) is 3. The largest absolute Gasteiger partial charge is 0.300 e. The molecule has 0 unspecified atom stereocenters. The number of hydrogen-bond acceptors (Lipinski definition) is 5. The van der Waals surface area contributed by atoms with Crippen molar-refractivity contribution in [1.82, 2.24) is 9.78 Å². The first kappa shape index (κ1) is 13.7. The van der Waals surface area contributed by atoms with Crippen molar-refractivity contribution in [2.24, 2.45) is 10.2 Å². The number of aromatic nitrogens is 2. The van der Waals surface area contributed by atoms with Crippen LogP contribution in [0.4, 0.5) is 11.4 Å². The molecule has 0 fully saturated rings. The van der Waals surface area contributed by atoms with Gasteiger partial charge in [-0.05, 0) is 25.3 Å². The van der Waals surface area contributed by atoms with Crippen LogP contribution in [0.15, 0.2) is 45.4 Å². The van der Waals surface area contributed by atoms with Crippen LogP contribution in [0.2, 0.25) is 0 Å². The summed E-state index contributed by atoms with van der Waals surface area (Å²) >= 11 is 6.40. The van der Waals surface area contributed by atoms with Gasteiger partial charge in [0.05, 0.1) is 11.4 Å². The summed E-state index contributed by atoms with van der Waals surface area (Å²) in [7, 11) is 0. The van der Waals surface area contributed by atoms with Crippen LogP contribution in [-0.2, 0) is 0 Å². The Kier molecular flexibility index (Phi) is 4.28. The standard InChI is InChI=1S/C12H12N4OS2/c1-8-10(11(17)16(15-8)12(18)19-2)14-13-9-6-4-3-5-7-9/h3-7,15H,1-2H3. The number of benzene rings is 1. The number of nitrogens with one attached hydrogen (secondary N) is 1. The third-order valence-corrected chi connectivity index (χ3v) is 3.63. The summed E-state index contributed by atoms with van der Waals surface area (Å²) in [6, 6.07) is 9.25. The summed E-state index contributed by atoms with van der Waals surface area (Å²) in [5, 5.41) is 10.9. The molecule has 0 saturated heterocycles. The molecule has 0 aliphatic rings. The van der Waals surface area contributed by atoms with Gasteiger partial charge in [0.1, 0.15) is 0 Å². The summed E-state index contributed by atoms with van der Waals surface area (Å²) in [5.41, 5.74) is 1.33. The second kappa shape index (κ2) is 5.94. The van der Waals surface area contributed by atoms with E-state index in [4.69, 9.17) is 12.2 Å². The van der Waals surface area contributed by atoms with Crippen molar-refractivity contribution >= 4 is 39.7 Å². The van der Waals surface area contributed by atoms with Crippen LogP contribution in [0.5, 0.6) is 0 Å². The zero-order valence-corrected chi connectivity index (χ0v) is 12.1. The van der Waals surface area contributed by atoms with Gasteiger partial charge in [0.2, 0.25) is 0 Å². The number of aryl methyl sites for hydroxylation is 1. The number of azo groups is 1. The van der Waals surface area contributed by atoms with E-state index in [1.807, 2.05) is 36.6 Å². The molecule has 98 valence electrons. The first-order valence-corrected chi connectivity index (χ1v) is 7.13. The minimum atomic E-state index is -0.281. The number of aromatic amines is 1. The highest BCUT2D eigenvalue weighted by molar-refractivity contribution is 8.22. The fourth-order valence-electron chi connectivity index (χ4n) is 1.48. The van der Waals surface area contributed by atoms with E-state index in [1.165, 1.54) is 16.4 Å². The van der Waals surface area contributed by atoms with E-state index in [0.717, 1.165) is 0 Å². The second-order valence-electron chi connectivity index (χ2n) is 3.73. The SMILES string of the molecule is CSC(=S)n1[nH]c(C)c(N=Nc2ccccc2)c1=O. The van der Waals surface area contributed by atoms with Crippen LogP contribution in [0.1, 0.15) is 5.69 Å². The first-order chi connectivity index (χ1) is 9.13. The summed E-state index contributed by atoms with van der Waals surface area (Å²) in [6.45, 7) is 1.76. The molecule has 7 heteroatoms. The summed E-state index contributed by atoms with van der Waals surface area (Å²) < 4.78 is 1.75. The Morgan fingerprint density at radius 1 is 1.32 bits per heavy atom. The zero-order valence-electron chi connectivity index (χ0n) is 10.5. The van der Waals surface area contributed by atoms with Gasteiger partial charge in [0.15, 0.2) is 10.0 Å². The molecule has 0 amide bonds. The molecule has 1 heterocycles. The molecule has 0 atom stereocenters. The van der Waals surface area contributed by atoms with Gasteiger partial charge in [-0.1, -0.05) is 42.2 Å². The molecule has 0 radical (unpaired) electrons. The van der Waals surface area contributed by atoms with Crippen molar-refractivity contribution in [1.29, 1.82) is 0 Å². The number of hydrogen-bond donors (Lipinski definition) is 1. The third-order valence-electron chi connectivity index (χ3n) is 2.42. The van der Waals surface area contributed by atoms with Gasteiger partial charge in [-0.2, -0.15) is 5.11 Å². The third kappa shape index (κ3) is 2.99. The molecule has 2 rings (SSSR count). The second-order valence-corrected chi connectivity index (χ2v) is 5.17. The summed E-state index contributed by atoms with van der Waals surface area (Å²) in [6.07, 6.45) is 1.82. The van der Waals surface area contributed by atoms with Crippen LogP contribution in [-0.4, -0.2) is 20.4 Å². The molecular formula is C12H12N4OS2. The Morgan fingerprint density at radius 3 is 2.63 bits per heavy atom. The summed E-state index contributed by atoms with van der Waals surface area (Å²) in [5.74, 6) is 0. The van der Waals surface area contributed by atoms with Gasteiger partial charge >= 0.3 is 5.56 Å². The molecule has 1 aromatic carbocycles. The number of rotatable bonds is 2. The summed E-state index contributed by atoms with van der Waals surface area (Å²) in [4.78, 5) is 12.1. The Balaban J connectivity index is 2.37. The predicted octanol–water partition coefficient (Wildman–Crippen LogP) is 3.40. The molecule has 0 spiro atoms. The number of thioether (sulfide) groups is 1. The molecular weight excluding hydrogens is 280 g/mol. The smallest absolute Gasteiger partial charge is 0.292 e.